The van der Waals surface area contributed by atoms with Crippen molar-refractivity contribution in [3.05, 3.63) is 363 Å². The maximum atomic E-state index is 5.90. The molecule has 1 atom stereocenters. The van der Waals surface area contributed by atoms with Crippen LogP contribution in [0.25, 0.3) is 43.8 Å². The molecule has 4 nitrogen and oxygen atoms in total. The van der Waals surface area contributed by atoms with Gasteiger partial charge in [-0.3, -0.25) is 0 Å². The Morgan fingerprint density at radius 3 is 0.784 bits per heavy atom. The molecule has 428 valence electrons. The Balaban J connectivity index is 0.000000177. The van der Waals surface area contributed by atoms with E-state index in [9.17, 15) is 0 Å². The lowest BCUT2D eigenvalue weighted by Gasteiger charge is -2.27. The monoisotopic (exact) mass is 1160 g/mol. The van der Waals surface area contributed by atoms with Gasteiger partial charge in [-0.25, -0.2) is 0 Å². The Labute approximate surface area is 525 Å². The number of nitrogens with zero attached hydrogens (tertiary/aromatic N) is 4. The molecule has 0 aliphatic rings. The highest BCUT2D eigenvalue weighted by Gasteiger charge is 2.19. The molecule has 0 aliphatic carbocycles. The van der Waals surface area contributed by atoms with Crippen molar-refractivity contribution in [3.63, 3.8) is 0 Å². The van der Waals surface area contributed by atoms with Gasteiger partial charge in [-0.05, 0) is 191 Å². The van der Waals surface area contributed by atoms with Gasteiger partial charge >= 0.3 is 0 Å². The van der Waals surface area contributed by atoms with Gasteiger partial charge in [0, 0.05) is 67.6 Å². The molecule has 14 aromatic rings. The molecule has 0 amide bonds. The highest BCUT2D eigenvalue weighted by atomic mass is 31.0. The standard InChI is InChI=1S/C44H32N2.C38H32N2.CH4.H3P/c1-3-17-37(18-4-1)45(43-23-11-15-35-13-7-9-21-41(35)43)39-29-25-33(26-30-39)34-27-31-40(32-28-34)46(38-19-5-2-6-20-38)44-24-12-16-36-14-8-10-22-42(36)44;1-29-11-9-17-37(27-29)39(33-13-5-3-6-14-33)35-23-19-31(20-24-35)32-21-25-36(26-22-32)40(34-15-7-4-8-16-34)38-18-10-12-30(2)28-38;;/h1-32H;3-28H,1-2H3;1H4;1H3/i;;;1TD. The zero-order valence-corrected chi connectivity index (χ0v) is 49.8. The van der Waals surface area contributed by atoms with Crippen LogP contribution in [-0.4, -0.2) is 2.56 Å². The second kappa shape index (κ2) is 27.5. The molecule has 0 aliphatic heterocycles. The lowest BCUT2D eigenvalue weighted by atomic mass is 10.0. The average Bonchev–Trinajstić information content (AvgIpc) is 2.07. The summed E-state index contributed by atoms with van der Waals surface area (Å²) >= 11 is 0. The van der Waals surface area contributed by atoms with Gasteiger partial charge in [-0.2, -0.15) is 9.79 Å². The molecule has 5 heteroatoms. The molecular weight excluding hydrogens is 1080 g/mol. The van der Waals surface area contributed by atoms with E-state index >= 15 is 0 Å². The van der Waals surface area contributed by atoms with Gasteiger partial charge in [0.15, 0.2) is 0 Å². The third-order valence-electron chi connectivity index (χ3n) is 15.8. The van der Waals surface area contributed by atoms with Crippen LogP contribution in [0.4, 0.5) is 68.2 Å². The van der Waals surface area contributed by atoms with Crippen LogP contribution in [0.15, 0.2) is 352 Å². The predicted octanol–water partition coefficient (Wildman–Crippen LogP) is 24.2. The number of benzene rings is 14. The lowest BCUT2D eigenvalue weighted by Crippen LogP contribution is -2.10. The minimum atomic E-state index is -0.417. The fraction of sp³-hybridized carbons (Fsp3) is 0.0361. The molecular formula is C83H71N4P. The Morgan fingerprint density at radius 1 is 0.250 bits per heavy atom. The Hall–Kier alpha value is -10.8. The zero-order valence-electron chi connectivity index (χ0n) is 50.8. The number of hydrogen-bond acceptors (Lipinski definition) is 4. The molecule has 0 N–H and O–H groups in total. The summed E-state index contributed by atoms with van der Waals surface area (Å²) in [6.07, 6.45) is 0. The fourth-order valence-electron chi connectivity index (χ4n) is 11.6. The fourth-order valence-corrected chi connectivity index (χ4v) is 11.6. The first-order valence-electron chi connectivity index (χ1n) is 30.4. The third kappa shape index (κ3) is 12.9. The van der Waals surface area contributed by atoms with E-state index < -0.39 is 9.79 Å². The van der Waals surface area contributed by atoms with Crippen molar-refractivity contribution < 1.29 is 0 Å². The van der Waals surface area contributed by atoms with E-state index in [0.29, 0.717) is 0 Å². The van der Waals surface area contributed by atoms with Crippen molar-refractivity contribution >= 4 is 99.6 Å². The van der Waals surface area contributed by atoms with E-state index in [4.69, 9.17) is 2.56 Å². The molecule has 0 spiro atoms. The summed E-state index contributed by atoms with van der Waals surface area (Å²) in [5, 5.41) is 4.90. The summed E-state index contributed by atoms with van der Waals surface area (Å²) in [4.78, 5) is 9.30. The van der Waals surface area contributed by atoms with E-state index in [1.807, 2.05) is 0 Å². The predicted molar refractivity (Wildman–Crippen MR) is 385 cm³/mol. The number of fused-ring (bicyclic) bond motifs is 2. The lowest BCUT2D eigenvalue weighted by molar-refractivity contribution is 1.27. The number of aryl methyl sites for hydroxylation is 2. The molecule has 0 aromatic heterocycles. The quantitative estimate of drug-likeness (QED) is 0.101. The second-order valence-corrected chi connectivity index (χ2v) is 21.5. The van der Waals surface area contributed by atoms with Crippen molar-refractivity contribution in [2.75, 3.05) is 19.6 Å². The summed E-state index contributed by atoms with van der Waals surface area (Å²) in [6.45, 7) is 4.27. The SMILES string of the molecule is C.Cc1cccc(N(c2ccccc2)c2ccc(-c3ccc(N(c4ccccc4)c4cccc(C)c4)cc3)cc2)c1.[2H]P[3H].c1ccc(N(c2ccc(-c3ccc(N(c4ccccc4)c4cccc5ccccc45)cc3)cc2)c2cccc3ccccc23)cc1. The molecule has 0 bridgehead atoms. The maximum Gasteiger partial charge on any atom is 0.0540 e. The van der Waals surface area contributed by atoms with Crippen LogP contribution < -0.4 is 19.6 Å². The van der Waals surface area contributed by atoms with E-state index in [2.05, 4.69) is 385 Å². The summed E-state index contributed by atoms with van der Waals surface area (Å²) < 4.78 is 11.8. The number of para-hydroxylation sites is 4. The molecule has 1 unspecified atom stereocenters. The molecule has 14 aromatic carbocycles. The van der Waals surface area contributed by atoms with Crippen LogP contribution in [0, 0.1) is 13.8 Å². The summed E-state index contributed by atoms with van der Waals surface area (Å²) in [5.41, 5.74) is 20.9. The highest BCUT2D eigenvalue weighted by Crippen LogP contribution is 2.43. The molecule has 88 heavy (non-hydrogen) atoms. The van der Waals surface area contributed by atoms with Gasteiger partial charge in [-0.15, -0.1) is 0 Å². The van der Waals surface area contributed by atoms with Gasteiger partial charge in [0.2, 0.25) is 0 Å². The second-order valence-electron chi connectivity index (χ2n) is 21.5. The molecule has 0 saturated carbocycles. The van der Waals surface area contributed by atoms with Gasteiger partial charge < -0.3 is 19.6 Å². The van der Waals surface area contributed by atoms with Gasteiger partial charge in [0.05, 0.1) is 13.9 Å². The number of rotatable bonds is 14. The van der Waals surface area contributed by atoms with Crippen LogP contribution >= 0.6 is 9.79 Å². The number of anilines is 12. The summed E-state index contributed by atoms with van der Waals surface area (Å²) in [6, 6.07) is 125. The van der Waals surface area contributed by atoms with Crippen molar-refractivity contribution in [1.29, 1.82) is 2.56 Å². The summed E-state index contributed by atoms with van der Waals surface area (Å²) in [7, 11) is -0.417. The van der Waals surface area contributed by atoms with E-state index in [0.717, 1.165) is 68.2 Å². The minimum absolute atomic E-state index is 0. The number of hydrogen-bond donors (Lipinski definition) is 0. The topological polar surface area (TPSA) is 13.0 Å². The van der Waals surface area contributed by atoms with Crippen LogP contribution in [0.1, 0.15) is 18.6 Å². The van der Waals surface area contributed by atoms with Gasteiger partial charge in [0.1, 0.15) is 0 Å². The first kappa shape index (κ1) is 56.4. The van der Waals surface area contributed by atoms with Gasteiger partial charge in [0.25, 0.3) is 0 Å². The van der Waals surface area contributed by atoms with E-state index in [-0.39, 0.29) is 7.43 Å². The van der Waals surface area contributed by atoms with E-state index in [1.165, 1.54) is 54.9 Å². The summed E-state index contributed by atoms with van der Waals surface area (Å²) in [5.74, 6) is 0. The van der Waals surface area contributed by atoms with Crippen LogP contribution in [-0.2, 0) is 0 Å². The normalized spacial score (nSPS) is 11.0. The van der Waals surface area contributed by atoms with Crippen molar-refractivity contribution in [1.82, 2.24) is 0 Å². The minimum Gasteiger partial charge on any atom is -0.310 e. The van der Waals surface area contributed by atoms with Crippen molar-refractivity contribution in [2.24, 2.45) is 0 Å². The van der Waals surface area contributed by atoms with E-state index in [1.54, 1.807) is 0 Å². The smallest absolute Gasteiger partial charge is 0.0540 e. The first-order chi connectivity index (χ1) is 43.9. The van der Waals surface area contributed by atoms with Crippen LogP contribution in [0.3, 0.4) is 0 Å². The Bertz CT molecular complexity index is 4250. The Morgan fingerprint density at radius 2 is 0.477 bits per heavy atom. The molecule has 0 heterocycles. The van der Waals surface area contributed by atoms with Crippen molar-refractivity contribution in [3.8, 4) is 22.3 Å². The Kier molecular flexibility index (Phi) is 17.6. The molecule has 0 radical (unpaired) electrons. The van der Waals surface area contributed by atoms with Crippen molar-refractivity contribution in [2.45, 2.75) is 21.3 Å². The zero-order chi connectivity index (χ0) is 60.7. The van der Waals surface area contributed by atoms with Crippen LogP contribution in [0.2, 0.25) is 0 Å². The largest absolute Gasteiger partial charge is 0.310 e. The average molecular weight is 1160 g/mol. The first-order valence-corrected chi connectivity index (χ1v) is 29.4. The highest BCUT2D eigenvalue weighted by molar-refractivity contribution is 6.92. The molecule has 0 saturated heterocycles. The molecule has 0 fully saturated rings. The maximum absolute atomic E-state index is 5.90. The third-order valence-corrected chi connectivity index (χ3v) is 15.8. The van der Waals surface area contributed by atoms with Gasteiger partial charge in [-0.1, -0.05) is 226 Å². The van der Waals surface area contributed by atoms with Crippen LogP contribution in [0.5, 0.6) is 0 Å². The molecule has 14 rings (SSSR count).